The first-order chi connectivity index (χ1) is 51.6. The molecule has 0 rings (SSSR count). The number of ether oxygens (including phenoxy) is 4. The van der Waals surface area contributed by atoms with E-state index in [2.05, 4.69) is 160 Å². The van der Waals surface area contributed by atoms with Crippen molar-refractivity contribution in [2.75, 3.05) is 47.5 Å². The summed E-state index contributed by atoms with van der Waals surface area (Å²) in [6.45, 7) is 4.66. The summed E-state index contributed by atoms with van der Waals surface area (Å²) in [7, 11) is 5.94. The first-order valence-corrected chi connectivity index (χ1v) is 44.0. The molecule has 0 amide bonds. The molecular formula is C96H165NO8. The molecule has 0 spiro atoms. The number of quaternary nitrogens is 1. The van der Waals surface area contributed by atoms with Crippen LogP contribution in [0.2, 0.25) is 0 Å². The SMILES string of the molecule is CC/C=C\C/C=C\C/C=C\C/C=C\C/C=C\C/C=C\C/C=C\C/C=C\C/C=C\CCCCCCCCCCCCCCCC(=O)OC(COC(=O)CCCCCCCCCCCCCCCCCCCCCCCCCC/C=C\C/C=C\C/C=C\CCCCCCC)COC(OCC[N+](C)(C)C)C(=O)[O-]. The van der Waals surface area contributed by atoms with Crippen molar-refractivity contribution in [3.05, 3.63) is 146 Å². The maximum absolute atomic E-state index is 13.0. The van der Waals surface area contributed by atoms with Gasteiger partial charge in [0.15, 0.2) is 12.4 Å². The molecule has 2 unspecified atom stereocenters. The first kappa shape index (κ1) is 100. The summed E-state index contributed by atoms with van der Waals surface area (Å²) in [5.41, 5.74) is 0. The van der Waals surface area contributed by atoms with Crippen molar-refractivity contribution in [2.45, 2.75) is 399 Å². The van der Waals surface area contributed by atoms with Crippen LogP contribution in [0.5, 0.6) is 0 Å². The van der Waals surface area contributed by atoms with Crippen molar-refractivity contribution in [3.63, 3.8) is 0 Å². The fraction of sp³-hybridized carbons (Fsp3) is 0.719. The average molecular weight is 1460 g/mol. The molecule has 0 aliphatic carbocycles. The quantitative estimate of drug-likeness (QED) is 0.0195. The molecule has 0 bridgehead atoms. The van der Waals surface area contributed by atoms with Gasteiger partial charge in [0.2, 0.25) is 0 Å². The number of hydrogen-bond donors (Lipinski definition) is 0. The lowest BCUT2D eigenvalue weighted by Gasteiger charge is -2.26. The van der Waals surface area contributed by atoms with E-state index >= 15 is 0 Å². The Hall–Kier alpha value is -4.83. The van der Waals surface area contributed by atoms with E-state index in [4.69, 9.17) is 18.9 Å². The minimum absolute atomic E-state index is 0.144. The Morgan fingerprint density at radius 3 is 0.810 bits per heavy atom. The topological polar surface area (TPSA) is 111 Å². The number of carbonyl (C=O) groups is 3. The molecule has 0 radical (unpaired) electrons. The van der Waals surface area contributed by atoms with Crippen LogP contribution < -0.4 is 5.11 Å². The number of allylic oxidation sites excluding steroid dienone is 24. The van der Waals surface area contributed by atoms with Crippen LogP contribution in [0.4, 0.5) is 0 Å². The summed E-state index contributed by atoms with van der Waals surface area (Å²) >= 11 is 0. The Morgan fingerprint density at radius 1 is 0.295 bits per heavy atom. The van der Waals surface area contributed by atoms with E-state index in [1.54, 1.807) is 0 Å². The highest BCUT2D eigenvalue weighted by Crippen LogP contribution is 2.19. The summed E-state index contributed by atoms with van der Waals surface area (Å²) in [4.78, 5) is 37.7. The number of aliphatic carboxylic acids is 1. The molecule has 0 aromatic rings. The van der Waals surface area contributed by atoms with E-state index < -0.39 is 24.3 Å². The van der Waals surface area contributed by atoms with Crippen LogP contribution in [0.3, 0.4) is 0 Å². The van der Waals surface area contributed by atoms with Crippen molar-refractivity contribution in [1.82, 2.24) is 0 Å². The van der Waals surface area contributed by atoms with Gasteiger partial charge < -0.3 is 33.3 Å². The van der Waals surface area contributed by atoms with Crippen LogP contribution in [0.25, 0.3) is 0 Å². The first-order valence-electron chi connectivity index (χ1n) is 44.0. The van der Waals surface area contributed by atoms with Gasteiger partial charge >= 0.3 is 11.9 Å². The highest BCUT2D eigenvalue weighted by Gasteiger charge is 2.22. The standard InChI is InChI=1S/C96H165NO8/c1-6-8-10-12-14-16-18-20-22-24-26-28-30-32-34-36-38-40-42-44-46-47-49-51-53-55-57-59-61-63-65-67-69-71-73-75-77-79-81-83-85-87-94(99)105-92(91-104-96(95(100)101)102-89-88-97(3,4)5)90-103-93(98)86-84-82-80-78-76-74-72-70-68-66-64-62-60-58-56-54-52-50-48-45-43-41-39-37-35-33-31-29-27-25-23-21-19-17-15-13-11-9-7-2/h8,10,14,16,19-22,25-28,31-34,38,40,44,46,49,51,55,57,92,96H,6-7,9,11-13,15,17-18,23-24,29-30,35-37,39,41-43,45,47-48,50,52-54,56,58-91H2,1-5H3/b10-8-,16-14-,21-19-,22-20-,27-25-,28-26-,33-31-,34-32-,40-38-,46-44-,51-49-,57-55-. The Balaban J connectivity index is 4.00. The van der Waals surface area contributed by atoms with Crippen LogP contribution >= 0.6 is 0 Å². The molecule has 0 aliphatic heterocycles. The summed E-state index contributed by atoms with van der Waals surface area (Å²) in [6.07, 6.45) is 121. The van der Waals surface area contributed by atoms with Gasteiger partial charge in [0, 0.05) is 12.8 Å². The molecule has 9 heteroatoms. The number of hydrogen-bond acceptors (Lipinski definition) is 8. The summed E-state index contributed by atoms with van der Waals surface area (Å²) < 4.78 is 22.9. The number of carbonyl (C=O) groups excluding carboxylic acids is 3. The van der Waals surface area contributed by atoms with Crippen molar-refractivity contribution in [3.8, 4) is 0 Å². The molecule has 602 valence electrons. The zero-order chi connectivity index (χ0) is 76.0. The van der Waals surface area contributed by atoms with Crippen LogP contribution in [0, 0.1) is 0 Å². The van der Waals surface area contributed by atoms with Crippen molar-refractivity contribution in [1.29, 1.82) is 0 Å². The van der Waals surface area contributed by atoms with Crippen LogP contribution in [0.15, 0.2) is 146 Å². The number of rotatable bonds is 81. The van der Waals surface area contributed by atoms with E-state index in [0.29, 0.717) is 23.9 Å². The number of unbranched alkanes of at least 4 members (excludes halogenated alkanes) is 42. The van der Waals surface area contributed by atoms with Gasteiger partial charge in [0.05, 0.1) is 40.3 Å². The van der Waals surface area contributed by atoms with Crippen LogP contribution in [-0.4, -0.2) is 82.3 Å². The van der Waals surface area contributed by atoms with Gasteiger partial charge in [-0.1, -0.05) is 397 Å². The molecule has 0 aromatic heterocycles. The molecule has 0 aliphatic rings. The fourth-order valence-electron chi connectivity index (χ4n) is 12.4. The third-order valence-corrected chi connectivity index (χ3v) is 19.1. The molecule has 9 nitrogen and oxygen atoms in total. The number of carboxylic acids is 1. The van der Waals surface area contributed by atoms with E-state index in [0.717, 1.165) is 109 Å². The Kier molecular flexibility index (Phi) is 80.9. The average Bonchev–Trinajstić information content (AvgIpc) is 1.18. The monoisotopic (exact) mass is 1460 g/mol. The second-order valence-electron chi connectivity index (χ2n) is 30.4. The van der Waals surface area contributed by atoms with Gasteiger partial charge in [-0.2, -0.15) is 0 Å². The smallest absolute Gasteiger partial charge is 0.306 e. The highest BCUT2D eigenvalue weighted by molar-refractivity contribution is 5.70. The van der Waals surface area contributed by atoms with Crippen LogP contribution in [-0.2, 0) is 33.3 Å². The minimum Gasteiger partial charge on any atom is -0.545 e. The maximum atomic E-state index is 13.0. The maximum Gasteiger partial charge on any atom is 0.306 e. The van der Waals surface area contributed by atoms with Crippen LogP contribution in [0.1, 0.15) is 386 Å². The summed E-state index contributed by atoms with van der Waals surface area (Å²) in [5, 5.41) is 11.9. The number of carboxylic acid groups (broad SMARTS) is 1. The van der Waals surface area contributed by atoms with Gasteiger partial charge in [-0.25, -0.2) is 0 Å². The van der Waals surface area contributed by atoms with Crippen molar-refractivity contribution in [2.24, 2.45) is 0 Å². The molecule has 0 fully saturated rings. The largest absolute Gasteiger partial charge is 0.545 e. The second-order valence-corrected chi connectivity index (χ2v) is 30.4. The fourth-order valence-corrected chi connectivity index (χ4v) is 12.4. The van der Waals surface area contributed by atoms with Gasteiger partial charge in [-0.3, -0.25) is 9.59 Å². The minimum atomic E-state index is -1.63. The third kappa shape index (κ3) is 86.3. The molecule has 0 aromatic carbocycles. The molecule has 0 N–H and O–H groups in total. The van der Waals surface area contributed by atoms with Gasteiger partial charge in [0.25, 0.3) is 0 Å². The highest BCUT2D eigenvalue weighted by atomic mass is 16.7. The van der Waals surface area contributed by atoms with Crippen molar-refractivity contribution >= 4 is 17.9 Å². The molecule has 0 saturated heterocycles. The van der Waals surface area contributed by atoms with E-state index in [9.17, 15) is 19.5 Å². The number of esters is 2. The Labute approximate surface area is 649 Å². The second kappa shape index (κ2) is 84.8. The number of likely N-dealkylation sites (N-methyl/N-ethyl adjacent to an activating group) is 1. The summed E-state index contributed by atoms with van der Waals surface area (Å²) in [6, 6.07) is 0. The van der Waals surface area contributed by atoms with Gasteiger partial charge in [-0.05, 0) is 122 Å². The normalized spacial score (nSPS) is 13.3. The predicted octanol–water partition coefficient (Wildman–Crippen LogP) is 27.6. The third-order valence-electron chi connectivity index (χ3n) is 19.1. The lowest BCUT2D eigenvalue weighted by Crippen LogP contribution is -2.44. The van der Waals surface area contributed by atoms with Gasteiger partial charge in [0.1, 0.15) is 13.2 Å². The molecule has 0 heterocycles. The molecule has 2 atom stereocenters. The summed E-state index contributed by atoms with van der Waals surface area (Å²) in [5.74, 6) is -2.27. The lowest BCUT2D eigenvalue weighted by molar-refractivity contribution is -0.870. The van der Waals surface area contributed by atoms with Gasteiger partial charge in [-0.15, -0.1) is 0 Å². The lowest BCUT2D eigenvalue weighted by atomic mass is 10.0. The van der Waals surface area contributed by atoms with Crippen molar-refractivity contribution < 1.29 is 42.9 Å². The molecule has 0 saturated carbocycles. The number of nitrogens with zero attached hydrogens (tertiary/aromatic N) is 1. The Morgan fingerprint density at radius 2 is 0.543 bits per heavy atom. The Bertz CT molecular complexity index is 2250. The van der Waals surface area contributed by atoms with E-state index in [1.165, 1.54) is 244 Å². The van der Waals surface area contributed by atoms with E-state index in [1.807, 2.05) is 21.1 Å². The van der Waals surface area contributed by atoms with E-state index in [-0.39, 0.29) is 32.2 Å². The molecular weight excluding hydrogens is 1300 g/mol. The molecule has 105 heavy (non-hydrogen) atoms. The predicted molar refractivity (Wildman–Crippen MR) is 453 cm³/mol. The zero-order valence-electron chi connectivity index (χ0n) is 69.1. The zero-order valence-corrected chi connectivity index (χ0v) is 69.1.